The van der Waals surface area contributed by atoms with Gasteiger partial charge in [0.1, 0.15) is 53.6 Å². The molecule has 0 radical (unpaired) electrons. The second-order valence-electron chi connectivity index (χ2n) is 19.5. The average Bonchev–Trinajstić information content (AvgIpc) is 2.57. The molecule has 2 aromatic heterocycles. The van der Waals surface area contributed by atoms with Crippen molar-refractivity contribution in [2.75, 3.05) is 70.3 Å². The Balaban J connectivity index is 1.07. The van der Waals surface area contributed by atoms with Gasteiger partial charge in [0.15, 0.2) is 6.10 Å². The summed E-state index contributed by atoms with van der Waals surface area (Å²) in [6, 6.07) is 8.82. The van der Waals surface area contributed by atoms with Gasteiger partial charge in [0.2, 0.25) is 53.9 Å². The van der Waals surface area contributed by atoms with Gasteiger partial charge < -0.3 is 75.4 Å². The van der Waals surface area contributed by atoms with Crippen LogP contribution in [0.3, 0.4) is 0 Å². The summed E-state index contributed by atoms with van der Waals surface area (Å²) in [5.41, 5.74) is 7.93. The number of fused-ring (bicyclic) bond motifs is 1. The third-order valence-electron chi connectivity index (χ3n) is 13.5. The number of benzene rings is 2. The average molecular weight is 1170 g/mol. The molecule has 1 unspecified atom stereocenters. The maximum Gasteiger partial charge on any atom is 0.335 e. The number of likely N-dealkylation sites (tertiary alicyclic amines) is 1. The molecule has 28 nitrogen and oxygen atoms in total. The summed E-state index contributed by atoms with van der Waals surface area (Å²) in [6.07, 6.45) is -12.3. The molecule has 3 saturated heterocycles. The molecule has 0 saturated carbocycles. The van der Waals surface area contributed by atoms with E-state index < -0.39 is 95.6 Å². The Morgan fingerprint density at radius 2 is 1.63 bits per heavy atom. The fourth-order valence-electron chi connectivity index (χ4n) is 9.27. The number of aliphatic hydroxyl groups excluding tert-OH is 5. The normalized spacial score (nSPS) is 23.7. The first kappa shape index (κ1) is 62.8. The Morgan fingerprint density at radius 1 is 0.915 bits per heavy atom. The molecular weight excluding hydrogens is 1110 g/mol. The van der Waals surface area contributed by atoms with E-state index in [9.17, 15) is 63.0 Å². The molecule has 13 N–H and O–H groups in total. The lowest BCUT2D eigenvalue weighted by Gasteiger charge is -2.38. The van der Waals surface area contributed by atoms with Crippen molar-refractivity contribution in [1.29, 1.82) is 0 Å². The predicted octanol–water partition coefficient (Wildman–Crippen LogP) is -2.59. The van der Waals surface area contributed by atoms with E-state index in [1.165, 1.54) is 50.8 Å². The summed E-state index contributed by atoms with van der Waals surface area (Å²) in [6.45, 7) is 3.99. The van der Waals surface area contributed by atoms with Crippen molar-refractivity contribution in [2.24, 2.45) is 11.1 Å². The van der Waals surface area contributed by atoms with E-state index in [2.05, 4.69) is 27.5 Å². The number of imide groups is 1. The van der Waals surface area contributed by atoms with Crippen LogP contribution in [0.1, 0.15) is 68.0 Å². The maximum atomic E-state index is 15.3. The van der Waals surface area contributed by atoms with Crippen molar-refractivity contribution < 1.29 is 100 Å². The SMILES string of the molecule is CCCc1cccc(F)c1C#Cc1cn([C@@H]2O[C@H](CNS(N)(=O)=O)[C@@H](O)[C@H]2O)c2c1c(N)nc[n+]2Cc1ccc(O[C@@H]2O[C@H](C(=O)O)[C@@H](O)[C@H](O)[C@H]2O)c(NC(=O)CCNC(=O)CCOCCOCCOCCN2C(=O)CC(C)C2=O)c1. The molecular formula is C52H67FN9O19S+. The number of nitrogens with one attached hydrogen (secondary N) is 3. The lowest BCUT2D eigenvalue weighted by molar-refractivity contribution is -0.668. The largest absolute Gasteiger partial charge is 0.479 e. The number of nitrogen functional groups attached to an aromatic ring is 1. The number of nitrogens with zero attached hydrogens (tertiary/aromatic N) is 4. The van der Waals surface area contributed by atoms with Gasteiger partial charge in [-0.15, -0.1) is 0 Å². The van der Waals surface area contributed by atoms with E-state index in [-0.39, 0.29) is 136 Å². The lowest BCUT2D eigenvalue weighted by atomic mass is 9.99. The number of carbonyl (C=O) groups excluding carboxylic acids is 4. The van der Waals surface area contributed by atoms with E-state index in [1.54, 1.807) is 19.1 Å². The van der Waals surface area contributed by atoms with Gasteiger partial charge in [-0.05, 0) is 35.7 Å². The minimum absolute atomic E-state index is 0.0293. The number of aromatic nitrogens is 3. The van der Waals surface area contributed by atoms with Crippen LogP contribution in [0.4, 0.5) is 15.9 Å². The number of aliphatic hydroxyl groups is 5. The van der Waals surface area contributed by atoms with Crippen LogP contribution in [0.2, 0.25) is 0 Å². The topological polar surface area (TPSA) is 409 Å². The van der Waals surface area contributed by atoms with Crippen LogP contribution < -0.4 is 35.5 Å². The van der Waals surface area contributed by atoms with Crippen LogP contribution in [0.25, 0.3) is 11.0 Å². The first-order chi connectivity index (χ1) is 39.1. The standard InChI is InChI=1S/C52H66FN9O19S/c1-3-5-30-6-4-7-33(53)32(30)10-9-31-26-62(50-44(69)41(66)36(79-50)24-58-82(55,74)75)48-40(31)47(54)57-27-60(48)25-29-8-11-35(80-52-45(70)42(67)43(68)46(81-52)51(72)73)34(23-29)59-38(64)12-14-56-37(63)13-16-76-18-20-78-21-19-77-17-15-61-39(65)22-28(2)49(61)71/h4,6-8,11,23,26-28,36,41-46,50,52,54,58,66-70H,3,5,12-22,24-25H2,1-2H3,(H5,55,56,59,63,64,72,73,74,75)/p+1/t28?,36-,41-,42+,43+,44-,45-,46+,50-,52-/m1/s1. The van der Waals surface area contributed by atoms with E-state index >= 15 is 4.39 Å². The van der Waals surface area contributed by atoms with E-state index in [4.69, 9.17) is 39.3 Å². The highest BCUT2D eigenvalue weighted by Gasteiger charge is 2.49. The highest BCUT2D eigenvalue weighted by molar-refractivity contribution is 7.87. The molecule has 0 spiro atoms. The molecule has 0 bridgehead atoms. The van der Waals surface area contributed by atoms with Gasteiger partial charge in [0.05, 0.1) is 75.7 Å². The number of anilines is 2. The van der Waals surface area contributed by atoms with Gasteiger partial charge in [0.25, 0.3) is 10.2 Å². The van der Waals surface area contributed by atoms with Crippen LogP contribution in [0, 0.1) is 23.6 Å². The molecule has 10 atom stereocenters. The molecule has 446 valence electrons. The highest BCUT2D eigenvalue weighted by atomic mass is 32.2. The molecule has 30 heteroatoms. The monoisotopic (exact) mass is 1170 g/mol. The number of halogens is 1. The molecule has 3 aliphatic heterocycles. The predicted molar refractivity (Wildman–Crippen MR) is 282 cm³/mol. The van der Waals surface area contributed by atoms with Crippen molar-refractivity contribution >= 4 is 62.3 Å². The van der Waals surface area contributed by atoms with Crippen molar-refractivity contribution in [1.82, 2.24) is 24.5 Å². The second kappa shape index (κ2) is 28.4. The Labute approximate surface area is 469 Å². The van der Waals surface area contributed by atoms with E-state index in [0.717, 1.165) is 0 Å². The molecule has 4 aromatic rings. The smallest absolute Gasteiger partial charge is 0.335 e. The first-order valence-electron chi connectivity index (χ1n) is 26.2. The number of amides is 4. The summed E-state index contributed by atoms with van der Waals surface area (Å²) in [4.78, 5) is 67.6. The maximum absolute atomic E-state index is 15.3. The first-order valence-corrected chi connectivity index (χ1v) is 27.7. The van der Waals surface area contributed by atoms with Crippen molar-refractivity contribution in [2.45, 2.75) is 108 Å². The zero-order valence-corrected chi connectivity index (χ0v) is 45.5. The number of hydrogen-bond acceptors (Lipinski definition) is 20. The number of nitrogens with two attached hydrogens (primary N) is 2. The van der Waals surface area contributed by atoms with Crippen LogP contribution in [-0.2, 0) is 70.8 Å². The fraction of sp³-hybridized carbons (Fsp3) is 0.519. The number of aryl methyl sites for hydroxylation is 1. The third-order valence-corrected chi connectivity index (χ3v) is 14.0. The van der Waals surface area contributed by atoms with Gasteiger partial charge in [-0.25, -0.2) is 23.5 Å². The highest BCUT2D eigenvalue weighted by Crippen LogP contribution is 2.36. The van der Waals surface area contributed by atoms with Crippen molar-refractivity contribution in [3.05, 3.63) is 77.0 Å². The Kier molecular flexibility index (Phi) is 21.8. The summed E-state index contributed by atoms with van der Waals surface area (Å²) < 4.78 is 77.5. The molecule has 7 rings (SSSR count). The zero-order chi connectivity index (χ0) is 59.4. The number of ether oxygens (including phenoxy) is 6. The van der Waals surface area contributed by atoms with E-state index in [0.29, 0.717) is 24.0 Å². The minimum atomic E-state index is -4.26. The molecule has 3 aliphatic rings. The van der Waals surface area contributed by atoms with Crippen LogP contribution in [-0.4, -0.2) is 191 Å². The fourth-order valence-corrected chi connectivity index (χ4v) is 9.66. The summed E-state index contributed by atoms with van der Waals surface area (Å²) in [7, 11) is -4.26. The second-order valence-corrected chi connectivity index (χ2v) is 20.9. The number of aliphatic carboxylic acids is 1. The number of rotatable bonds is 27. The zero-order valence-electron chi connectivity index (χ0n) is 44.7. The number of hydrogen-bond donors (Lipinski definition) is 11. The van der Waals surface area contributed by atoms with Crippen LogP contribution >= 0.6 is 0 Å². The Hall–Kier alpha value is -6.83. The summed E-state index contributed by atoms with van der Waals surface area (Å²) >= 11 is 0. The quantitative estimate of drug-likeness (QED) is 0.0126. The van der Waals surface area contributed by atoms with E-state index in [1.807, 2.05) is 11.6 Å². The Morgan fingerprint density at radius 3 is 2.32 bits per heavy atom. The molecule has 2 aromatic carbocycles. The summed E-state index contributed by atoms with van der Waals surface area (Å²) in [5, 5.41) is 74.5. The molecule has 0 aliphatic carbocycles. The van der Waals surface area contributed by atoms with Gasteiger partial charge >= 0.3 is 5.97 Å². The number of carboxylic acids is 1. The summed E-state index contributed by atoms with van der Waals surface area (Å²) in [5.74, 6) is 1.47. The lowest BCUT2D eigenvalue weighted by Crippen LogP contribution is -2.61. The van der Waals surface area contributed by atoms with Gasteiger partial charge in [0, 0.05) is 38.3 Å². The number of carboxylic acid groups (broad SMARTS) is 1. The molecule has 3 fully saturated rings. The molecule has 4 amide bonds. The third kappa shape index (κ3) is 15.8. The molecule has 82 heavy (non-hydrogen) atoms. The van der Waals surface area contributed by atoms with Crippen molar-refractivity contribution in [3.63, 3.8) is 0 Å². The number of carbonyl (C=O) groups is 5. The van der Waals surface area contributed by atoms with Crippen LogP contribution in [0.5, 0.6) is 5.75 Å². The Bertz CT molecular complexity index is 3140. The van der Waals surface area contributed by atoms with Gasteiger partial charge in [-0.1, -0.05) is 55.3 Å². The van der Waals surface area contributed by atoms with Crippen LogP contribution in [0.15, 0.2) is 48.9 Å². The molecule has 5 heterocycles. The van der Waals surface area contributed by atoms with Gasteiger partial charge in [-0.3, -0.25) is 24.1 Å². The minimum Gasteiger partial charge on any atom is -0.479 e. The van der Waals surface area contributed by atoms with Gasteiger partial charge in [-0.2, -0.15) is 13.1 Å². The van der Waals surface area contributed by atoms with Crippen molar-refractivity contribution in [3.8, 4) is 17.6 Å².